The Morgan fingerprint density at radius 3 is 1.60 bits per heavy atom. The highest BCUT2D eigenvalue weighted by atomic mass is 15.2. The molecule has 2 heterocycles. The first kappa shape index (κ1) is 26.2. The lowest BCUT2D eigenvalue weighted by atomic mass is 9.62. The van der Waals surface area contributed by atoms with E-state index in [1.54, 1.807) is 0 Å². The number of likely N-dealkylation sites (tertiary alicyclic amines) is 2. The molecule has 0 saturated carbocycles. The van der Waals surface area contributed by atoms with E-state index in [0.29, 0.717) is 27.3 Å². The van der Waals surface area contributed by atoms with Crippen LogP contribution < -0.4 is 0 Å². The number of piperidine rings is 2. The molecule has 30 heavy (non-hydrogen) atoms. The van der Waals surface area contributed by atoms with E-state index in [2.05, 4.69) is 92.9 Å². The van der Waals surface area contributed by atoms with Crippen molar-refractivity contribution in [1.29, 1.82) is 0 Å². The fourth-order valence-electron chi connectivity index (χ4n) is 6.27. The van der Waals surface area contributed by atoms with Crippen LogP contribution in [0.5, 0.6) is 0 Å². The highest BCUT2D eigenvalue weighted by Crippen LogP contribution is 2.47. The SMILES string of the molecule is CC1CN(C(C)(C)CCC(C)(C)N2CCC(C)(C(C)(C)C)CC2)CCC1C(C)(C)C. The third kappa shape index (κ3) is 5.83. The summed E-state index contributed by atoms with van der Waals surface area (Å²) in [5.74, 6) is 1.65. The molecule has 2 rings (SSSR count). The summed E-state index contributed by atoms with van der Waals surface area (Å²) in [7, 11) is 0. The lowest BCUT2D eigenvalue weighted by Crippen LogP contribution is -2.55. The quantitative estimate of drug-likeness (QED) is 0.455. The van der Waals surface area contributed by atoms with E-state index in [4.69, 9.17) is 0 Å². The third-order valence-corrected chi connectivity index (χ3v) is 9.76. The minimum Gasteiger partial charge on any atom is -0.298 e. The summed E-state index contributed by atoms with van der Waals surface area (Å²) in [5, 5.41) is 0. The van der Waals surface area contributed by atoms with E-state index in [1.807, 2.05) is 0 Å². The van der Waals surface area contributed by atoms with Gasteiger partial charge in [-0.15, -0.1) is 0 Å². The van der Waals surface area contributed by atoms with Gasteiger partial charge in [-0.1, -0.05) is 55.4 Å². The van der Waals surface area contributed by atoms with Gasteiger partial charge in [-0.25, -0.2) is 0 Å². The fourth-order valence-corrected chi connectivity index (χ4v) is 6.27. The Balaban J connectivity index is 1.92. The van der Waals surface area contributed by atoms with Crippen molar-refractivity contribution >= 4 is 0 Å². The zero-order valence-electron chi connectivity index (χ0n) is 22.9. The fraction of sp³-hybridized carbons (Fsp3) is 1.00. The zero-order chi connectivity index (χ0) is 23.2. The van der Waals surface area contributed by atoms with Gasteiger partial charge >= 0.3 is 0 Å². The summed E-state index contributed by atoms with van der Waals surface area (Å²) in [5.41, 5.74) is 1.91. The van der Waals surface area contributed by atoms with Crippen molar-refractivity contribution in [2.24, 2.45) is 28.1 Å². The van der Waals surface area contributed by atoms with Crippen molar-refractivity contribution in [3.8, 4) is 0 Å². The third-order valence-electron chi connectivity index (χ3n) is 9.76. The molecule has 0 aromatic carbocycles. The number of nitrogens with zero attached hydrogens (tertiary/aromatic N) is 2. The molecule has 2 heteroatoms. The Morgan fingerprint density at radius 1 is 0.733 bits per heavy atom. The second-order valence-electron chi connectivity index (χ2n) is 14.6. The van der Waals surface area contributed by atoms with Crippen molar-refractivity contribution in [2.75, 3.05) is 26.2 Å². The first-order valence-corrected chi connectivity index (χ1v) is 12.9. The van der Waals surface area contributed by atoms with Crippen molar-refractivity contribution in [1.82, 2.24) is 9.80 Å². The summed E-state index contributed by atoms with van der Waals surface area (Å²) in [6.07, 6.45) is 6.61. The van der Waals surface area contributed by atoms with Gasteiger partial charge in [-0.05, 0) is 108 Å². The van der Waals surface area contributed by atoms with E-state index in [-0.39, 0.29) is 0 Å². The van der Waals surface area contributed by atoms with Gasteiger partial charge in [0.2, 0.25) is 0 Å². The standard InChI is InChI=1S/C28H56N2/c1-22-21-30(18-13-23(22)24(2,3)4)27(10,11)15-14-26(8,9)29-19-16-28(12,17-20-29)25(5,6)7/h22-23H,13-21H2,1-12H3. The first-order chi connectivity index (χ1) is 13.4. The van der Waals surface area contributed by atoms with E-state index in [0.717, 1.165) is 11.8 Å². The molecule has 0 aliphatic carbocycles. The van der Waals surface area contributed by atoms with Crippen molar-refractivity contribution in [3.05, 3.63) is 0 Å². The second-order valence-corrected chi connectivity index (χ2v) is 14.6. The number of hydrogen-bond donors (Lipinski definition) is 0. The molecule has 2 saturated heterocycles. The van der Waals surface area contributed by atoms with Crippen LogP contribution in [-0.2, 0) is 0 Å². The van der Waals surface area contributed by atoms with Crippen molar-refractivity contribution in [3.63, 3.8) is 0 Å². The zero-order valence-corrected chi connectivity index (χ0v) is 22.9. The molecule has 2 aliphatic heterocycles. The molecule has 178 valence electrons. The van der Waals surface area contributed by atoms with Crippen LogP contribution in [0.15, 0.2) is 0 Å². The number of rotatable bonds is 5. The van der Waals surface area contributed by atoms with E-state index >= 15 is 0 Å². The maximum Gasteiger partial charge on any atom is 0.0154 e. The van der Waals surface area contributed by atoms with Gasteiger partial charge in [-0.2, -0.15) is 0 Å². The molecular formula is C28H56N2. The first-order valence-electron chi connectivity index (χ1n) is 12.9. The van der Waals surface area contributed by atoms with Gasteiger partial charge in [0.05, 0.1) is 0 Å². The van der Waals surface area contributed by atoms with Gasteiger partial charge in [0.15, 0.2) is 0 Å². The molecular weight excluding hydrogens is 364 g/mol. The number of hydrogen-bond acceptors (Lipinski definition) is 2. The molecule has 2 fully saturated rings. The summed E-state index contributed by atoms with van der Waals surface area (Å²) in [4.78, 5) is 5.61. The van der Waals surface area contributed by atoms with Gasteiger partial charge < -0.3 is 0 Å². The Morgan fingerprint density at radius 2 is 1.20 bits per heavy atom. The van der Waals surface area contributed by atoms with Gasteiger partial charge in [-0.3, -0.25) is 9.80 Å². The summed E-state index contributed by atoms with van der Waals surface area (Å²) in [6.45, 7) is 34.6. The highest BCUT2D eigenvalue weighted by Gasteiger charge is 2.43. The van der Waals surface area contributed by atoms with Crippen LogP contribution in [0, 0.1) is 28.1 Å². The van der Waals surface area contributed by atoms with E-state index < -0.39 is 0 Å². The minimum atomic E-state index is 0.296. The molecule has 2 nitrogen and oxygen atoms in total. The smallest absolute Gasteiger partial charge is 0.0154 e. The lowest BCUT2D eigenvalue weighted by molar-refractivity contribution is -0.0286. The van der Waals surface area contributed by atoms with Crippen LogP contribution in [-0.4, -0.2) is 47.1 Å². The Bertz CT molecular complexity index is 552. The van der Waals surface area contributed by atoms with E-state index in [1.165, 1.54) is 58.3 Å². The summed E-state index contributed by atoms with van der Waals surface area (Å²) in [6, 6.07) is 0. The van der Waals surface area contributed by atoms with Crippen LogP contribution in [0.25, 0.3) is 0 Å². The van der Waals surface area contributed by atoms with E-state index in [9.17, 15) is 0 Å². The van der Waals surface area contributed by atoms with Gasteiger partial charge in [0, 0.05) is 17.6 Å². The van der Waals surface area contributed by atoms with Crippen molar-refractivity contribution in [2.45, 2.75) is 126 Å². The van der Waals surface area contributed by atoms with Crippen LogP contribution in [0.1, 0.15) is 115 Å². The van der Waals surface area contributed by atoms with Crippen LogP contribution in [0.4, 0.5) is 0 Å². The molecule has 0 bridgehead atoms. The maximum absolute atomic E-state index is 2.81. The van der Waals surface area contributed by atoms with Crippen LogP contribution in [0.2, 0.25) is 0 Å². The predicted molar refractivity (Wildman–Crippen MR) is 134 cm³/mol. The molecule has 0 aromatic rings. The molecule has 2 unspecified atom stereocenters. The minimum absolute atomic E-state index is 0.296. The summed E-state index contributed by atoms with van der Waals surface area (Å²) < 4.78 is 0. The molecule has 0 aromatic heterocycles. The normalized spacial score (nSPS) is 28.0. The Labute approximate surface area is 190 Å². The molecule has 0 radical (unpaired) electrons. The molecule has 2 aliphatic rings. The average molecular weight is 421 g/mol. The van der Waals surface area contributed by atoms with Gasteiger partial charge in [0.1, 0.15) is 0 Å². The molecule has 2 atom stereocenters. The van der Waals surface area contributed by atoms with Crippen LogP contribution in [0.3, 0.4) is 0 Å². The van der Waals surface area contributed by atoms with Gasteiger partial charge in [0.25, 0.3) is 0 Å². The monoisotopic (exact) mass is 420 g/mol. The molecule has 0 amide bonds. The molecule has 0 spiro atoms. The Kier molecular flexibility index (Phi) is 7.59. The molecule has 0 N–H and O–H groups in total. The second kappa shape index (κ2) is 8.69. The summed E-state index contributed by atoms with van der Waals surface area (Å²) >= 11 is 0. The topological polar surface area (TPSA) is 6.48 Å². The maximum atomic E-state index is 2.81. The lowest BCUT2D eigenvalue weighted by Gasteiger charge is -2.53. The van der Waals surface area contributed by atoms with Crippen LogP contribution >= 0.6 is 0 Å². The van der Waals surface area contributed by atoms with Crippen molar-refractivity contribution < 1.29 is 0 Å². The highest BCUT2D eigenvalue weighted by molar-refractivity contribution is 4.97. The average Bonchev–Trinajstić information content (AvgIpc) is 2.58. The predicted octanol–water partition coefficient (Wildman–Crippen LogP) is 7.48. The Hall–Kier alpha value is -0.0800. The largest absolute Gasteiger partial charge is 0.298 e.